The third-order valence-corrected chi connectivity index (χ3v) is 3.14. The molecule has 0 fully saturated rings. The average Bonchev–Trinajstić information content (AvgIpc) is 2.59. The van der Waals surface area contributed by atoms with Crippen LogP contribution < -0.4 is 14.8 Å². The molecule has 2 N–H and O–H groups in total. The van der Waals surface area contributed by atoms with Gasteiger partial charge in [0.15, 0.2) is 11.5 Å². The zero-order valence-corrected chi connectivity index (χ0v) is 13.1. The van der Waals surface area contributed by atoms with Crippen molar-refractivity contribution in [1.29, 1.82) is 0 Å². The molecule has 124 valence electrons. The summed E-state index contributed by atoms with van der Waals surface area (Å²) in [7, 11) is 3.06. The minimum atomic E-state index is -1.16. The molecule has 7 heteroatoms. The van der Waals surface area contributed by atoms with Crippen LogP contribution in [0.2, 0.25) is 0 Å². The minimum Gasteiger partial charge on any atom is -0.493 e. The van der Waals surface area contributed by atoms with Crippen LogP contribution in [0.5, 0.6) is 11.5 Å². The van der Waals surface area contributed by atoms with Crippen molar-refractivity contribution in [1.82, 2.24) is 4.98 Å². The van der Waals surface area contributed by atoms with Gasteiger partial charge in [0.1, 0.15) is 5.56 Å². The van der Waals surface area contributed by atoms with Gasteiger partial charge in [-0.1, -0.05) is 6.07 Å². The van der Waals surface area contributed by atoms with E-state index < -0.39 is 11.9 Å². The maximum absolute atomic E-state index is 12.0. The van der Waals surface area contributed by atoms with Gasteiger partial charge in [-0.05, 0) is 29.8 Å². The van der Waals surface area contributed by atoms with Gasteiger partial charge in [-0.25, -0.2) is 4.79 Å². The van der Waals surface area contributed by atoms with Crippen molar-refractivity contribution in [2.45, 2.75) is 0 Å². The molecule has 1 amide bonds. The summed E-state index contributed by atoms with van der Waals surface area (Å²) in [6, 6.07) is 6.63. The highest BCUT2D eigenvalue weighted by Gasteiger charge is 2.11. The topological polar surface area (TPSA) is 97.8 Å². The van der Waals surface area contributed by atoms with Crippen molar-refractivity contribution in [2.24, 2.45) is 0 Å². The number of methoxy groups -OCH3 is 2. The van der Waals surface area contributed by atoms with Gasteiger partial charge in [-0.2, -0.15) is 0 Å². The first kappa shape index (κ1) is 17.0. The number of nitrogens with one attached hydrogen (secondary N) is 1. The molecule has 2 rings (SSSR count). The highest BCUT2D eigenvalue weighted by Crippen LogP contribution is 2.28. The number of benzene rings is 1. The number of aromatic nitrogens is 1. The summed E-state index contributed by atoms with van der Waals surface area (Å²) in [4.78, 5) is 26.8. The Balaban J connectivity index is 2.13. The number of carboxylic acids is 1. The van der Waals surface area contributed by atoms with E-state index in [2.05, 4.69) is 10.3 Å². The molecule has 0 aliphatic rings. The summed E-state index contributed by atoms with van der Waals surface area (Å²) in [5.41, 5.74) is 0.834. The first-order valence-corrected chi connectivity index (χ1v) is 6.93. The number of carbonyl (C=O) groups is 2. The Labute approximate surface area is 138 Å². The van der Waals surface area contributed by atoms with Crippen LogP contribution in [-0.2, 0) is 4.79 Å². The molecule has 1 heterocycles. The van der Waals surface area contributed by atoms with Crippen LogP contribution in [0.3, 0.4) is 0 Å². The largest absolute Gasteiger partial charge is 0.493 e. The van der Waals surface area contributed by atoms with E-state index in [1.165, 1.54) is 38.8 Å². The van der Waals surface area contributed by atoms with Crippen LogP contribution in [-0.4, -0.2) is 36.2 Å². The monoisotopic (exact) mass is 328 g/mol. The van der Waals surface area contributed by atoms with E-state index in [4.69, 9.17) is 14.6 Å². The van der Waals surface area contributed by atoms with Crippen LogP contribution in [0, 0.1) is 0 Å². The molecule has 0 spiro atoms. The first-order valence-electron chi connectivity index (χ1n) is 6.93. The van der Waals surface area contributed by atoms with Crippen molar-refractivity contribution >= 4 is 23.6 Å². The van der Waals surface area contributed by atoms with Gasteiger partial charge in [0.25, 0.3) is 0 Å². The third kappa shape index (κ3) is 4.10. The van der Waals surface area contributed by atoms with E-state index in [0.717, 1.165) is 5.56 Å². The lowest BCUT2D eigenvalue weighted by molar-refractivity contribution is -0.111. The Bertz CT molecular complexity index is 786. The normalized spacial score (nSPS) is 10.4. The van der Waals surface area contributed by atoms with Crippen LogP contribution in [0.4, 0.5) is 5.69 Å². The van der Waals surface area contributed by atoms with Crippen LogP contribution >= 0.6 is 0 Å². The molecule has 0 bridgehead atoms. The second kappa shape index (κ2) is 7.77. The Morgan fingerprint density at radius 1 is 1.17 bits per heavy atom. The van der Waals surface area contributed by atoms with E-state index in [-0.39, 0.29) is 11.3 Å². The van der Waals surface area contributed by atoms with Gasteiger partial charge in [-0.3, -0.25) is 9.78 Å². The molecule has 0 aliphatic heterocycles. The fraction of sp³-hybridized carbons (Fsp3) is 0.118. The van der Waals surface area contributed by atoms with Gasteiger partial charge in [0.05, 0.1) is 19.9 Å². The predicted octanol–water partition coefficient (Wildman–Crippen LogP) is 2.45. The summed E-state index contributed by atoms with van der Waals surface area (Å²) >= 11 is 0. The van der Waals surface area contributed by atoms with Crippen molar-refractivity contribution < 1.29 is 24.2 Å². The lowest BCUT2D eigenvalue weighted by atomic mass is 10.2. The minimum absolute atomic E-state index is 0.0784. The van der Waals surface area contributed by atoms with Gasteiger partial charge in [0.2, 0.25) is 5.91 Å². The summed E-state index contributed by atoms with van der Waals surface area (Å²) in [5.74, 6) is -0.495. The van der Waals surface area contributed by atoms with E-state index in [9.17, 15) is 9.59 Å². The average molecular weight is 328 g/mol. The Morgan fingerprint density at radius 3 is 2.58 bits per heavy atom. The quantitative estimate of drug-likeness (QED) is 0.791. The number of rotatable bonds is 6. The number of pyridine rings is 1. The molecule has 7 nitrogen and oxygen atoms in total. The molecule has 0 aliphatic carbocycles. The smallest absolute Gasteiger partial charge is 0.339 e. The molecule has 24 heavy (non-hydrogen) atoms. The zero-order chi connectivity index (χ0) is 17.5. The molecule has 0 radical (unpaired) electrons. The Kier molecular flexibility index (Phi) is 5.51. The number of ether oxygens (including phenoxy) is 2. The van der Waals surface area contributed by atoms with Gasteiger partial charge in [-0.15, -0.1) is 0 Å². The molecular weight excluding hydrogens is 312 g/mol. The van der Waals surface area contributed by atoms with Gasteiger partial charge >= 0.3 is 5.97 Å². The van der Waals surface area contributed by atoms with Crippen molar-refractivity contribution in [3.63, 3.8) is 0 Å². The SMILES string of the molecule is COc1ccc(C=CC(=O)Nc2ccncc2C(=O)O)cc1OC. The Hall–Kier alpha value is -3.35. The fourth-order valence-corrected chi connectivity index (χ4v) is 1.98. The number of anilines is 1. The van der Waals surface area contributed by atoms with Gasteiger partial charge in [0, 0.05) is 18.5 Å². The maximum atomic E-state index is 12.0. The third-order valence-electron chi connectivity index (χ3n) is 3.14. The van der Waals surface area contributed by atoms with E-state index >= 15 is 0 Å². The molecular formula is C17H16N2O5. The molecule has 0 saturated carbocycles. The lowest BCUT2D eigenvalue weighted by Crippen LogP contribution is -2.12. The fourth-order valence-electron chi connectivity index (χ4n) is 1.98. The molecule has 2 aromatic rings. The summed E-state index contributed by atoms with van der Waals surface area (Å²) in [5, 5.41) is 11.6. The second-order valence-corrected chi connectivity index (χ2v) is 4.66. The van der Waals surface area contributed by atoms with E-state index in [1.54, 1.807) is 24.3 Å². The van der Waals surface area contributed by atoms with Crippen LogP contribution in [0.1, 0.15) is 15.9 Å². The molecule has 1 aromatic heterocycles. The summed E-state index contributed by atoms with van der Waals surface area (Å²) in [6.07, 6.45) is 5.46. The summed E-state index contributed by atoms with van der Waals surface area (Å²) < 4.78 is 10.3. The van der Waals surface area contributed by atoms with Crippen LogP contribution in [0.25, 0.3) is 6.08 Å². The van der Waals surface area contributed by atoms with Crippen molar-refractivity contribution in [3.05, 3.63) is 53.9 Å². The maximum Gasteiger partial charge on any atom is 0.339 e. The number of amides is 1. The number of nitrogens with zero attached hydrogens (tertiary/aromatic N) is 1. The number of carboxylic acid groups (broad SMARTS) is 1. The first-order chi connectivity index (χ1) is 11.5. The molecule has 0 saturated heterocycles. The van der Waals surface area contributed by atoms with E-state index in [1.807, 2.05) is 0 Å². The van der Waals surface area contributed by atoms with Crippen molar-refractivity contribution in [2.75, 3.05) is 19.5 Å². The second-order valence-electron chi connectivity index (χ2n) is 4.66. The highest BCUT2D eigenvalue weighted by atomic mass is 16.5. The van der Waals surface area contributed by atoms with E-state index in [0.29, 0.717) is 11.5 Å². The molecule has 0 atom stereocenters. The highest BCUT2D eigenvalue weighted by molar-refractivity contribution is 6.05. The zero-order valence-electron chi connectivity index (χ0n) is 13.1. The lowest BCUT2D eigenvalue weighted by Gasteiger charge is -2.08. The summed E-state index contributed by atoms with van der Waals surface area (Å²) in [6.45, 7) is 0. The predicted molar refractivity (Wildman–Crippen MR) is 88.4 cm³/mol. The molecule has 0 unspecified atom stereocenters. The number of hydrogen-bond acceptors (Lipinski definition) is 5. The number of carbonyl (C=O) groups excluding carboxylic acids is 1. The van der Waals surface area contributed by atoms with Crippen LogP contribution in [0.15, 0.2) is 42.7 Å². The number of aromatic carboxylic acids is 1. The van der Waals surface area contributed by atoms with Gasteiger partial charge < -0.3 is 19.9 Å². The van der Waals surface area contributed by atoms with Crippen molar-refractivity contribution in [3.8, 4) is 11.5 Å². The standard InChI is InChI=1S/C17H16N2O5/c1-23-14-5-3-11(9-15(14)24-2)4-6-16(20)19-13-7-8-18-10-12(13)17(21)22/h3-10H,1-2H3,(H,21,22)(H,18,19,20). The molecule has 1 aromatic carbocycles. The Morgan fingerprint density at radius 2 is 1.92 bits per heavy atom. The number of hydrogen-bond donors (Lipinski definition) is 2.